The van der Waals surface area contributed by atoms with Crippen molar-refractivity contribution < 1.29 is 14.3 Å². The van der Waals surface area contributed by atoms with Gasteiger partial charge in [0.05, 0.1) is 20.8 Å². The third-order valence-electron chi connectivity index (χ3n) is 3.82. The number of hydrogen-bond acceptors (Lipinski definition) is 4. The van der Waals surface area contributed by atoms with Gasteiger partial charge in [-0.15, -0.1) is 0 Å². The number of benzene rings is 2. The lowest BCUT2D eigenvalue weighted by molar-refractivity contribution is 0.102. The highest BCUT2D eigenvalue weighted by molar-refractivity contribution is 6.33. The van der Waals surface area contributed by atoms with Crippen LogP contribution in [-0.2, 0) is 6.54 Å². The van der Waals surface area contributed by atoms with Crippen LogP contribution in [0, 0.1) is 0 Å². The smallest absolute Gasteiger partial charge is 0.257 e. The maximum absolute atomic E-state index is 12.6. The average molecular weight is 406 g/mol. The molecule has 1 N–H and O–H groups in total. The largest absolute Gasteiger partial charge is 0.497 e. The van der Waals surface area contributed by atoms with Gasteiger partial charge in [-0.3, -0.25) is 9.48 Å². The van der Waals surface area contributed by atoms with Crippen LogP contribution in [0.25, 0.3) is 0 Å². The summed E-state index contributed by atoms with van der Waals surface area (Å²) in [6.45, 7) is 0.500. The first-order valence-electron chi connectivity index (χ1n) is 8.00. The fourth-order valence-corrected chi connectivity index (χ4v) is 2.78. The second kappa shape index (κ2) is 8.33. The Morgan fingerprint density at radius 1 is 1.07 bits per heavy atom. The van der Waals surface area contributed by atoms with E-state index in [2.05, 4.69) is 10.4 Å². The number of carbonyl (C=O) groups excluding carboxylic acids is 1. The summed E-state index contributed by atoms with van der Waals surface area (Å²) in [5, 5.41) is 8.05. The summed E-state index contributed by atoms with van der Waals surface area (Å²) in [6.07, 6.45) is 1.65. The normalized spacial score (nSPS) is 10.5. The first-order chi connectivity index (χ1) is 13.0. The van der Waals surface area contributed by atoms with E-state index >= 15 is 0 Å². The van der Waals surface area contributed by atoms with Crippen LogP contribution in [0.3, 0.4) is 0 Å². The number of hydrogen-bond donors (Lipinski definition) is 1. The molecule has 6 nitrogen and oxygen atoms in total. The van der Waals surface area contributed by atoms with Gasteiger partial charge in [0.1, 0.15) is 16.5 Å². The van der Waals surface area contributed by atoms with Gasteiger partial charge in [-0.25, -0.2) is 0 Å². The van der Waals surface area contributed by atoms with Crippen molar-refractivity contribution in [3.05, 3.63) is 69.8 Å². The van der Waals surface area contributed by atoms with Crippen molar-refractivity contribution in [3.8, 4) is 11.5 Å². The van der Waals surface area contributed by atoms with E-state index in [1.54, 1.807) is 41.2 Å². The standard InChI is InChI=1S/C19H17Cl2N3O3/c1-26-15-7-13(8-16(9-15)27-2)19(25)22-18-17(21)11-24(23-18)10-12-3-5-14(20)6-4-12/h3-9,11H,10H2,1-2H3,(H,22,23,25). The zero-order chi connectivity index (χ0) is 19.4. The van der Waals surface area contributed by atoms with E-state index in [4.69, 9.17) is 32.7 Å². The fourth-order valence-electron chi connectivity index (χ4n) is 2.46. The topological polar surface area (TPSA) is 65.4 Å². The Labute approximate surface area is 166 Å². The van der Waals surface area contributed by atoms with Crippen LogP contribution in [0.2, 0.25) is 10.0 Å². The maximum Gasteiger partial charge on any atom is 0.257 e. The molecule has 1 aromatic heterocycles. The van der Waals surface area contributed by atoms with Crippen molar-refractivity contribution >= 4 is 34.9 Å². The Hall–Kier alpha value is -2.70. The van der Waals surface area contributed by atoms with E-state index in [9.17, 15) is 4.79 Å². The summed E-state index contributed by atoms with van der Waals surface area (Å²) in [6, 6.07) is 12.3. The molecular formula is C19H17Cl2N3O3. The maximum atomic E-state index is 12.6. The Morgan fingerprint density at radius 3 is 2.30 bits per heavy atom. The summed E-state index contributed by atoms with van der Waals surface area (Å²) in [7, 11) is 3.04. The van der Waals surface area contributed by atoms with Gasteiger partial charge in [0.25, 0.3) is 5.91 Å². The average Bonchev–Trinajstić information content (AvgIpc) is 3.01. The third kappa shape index (κ3) is 4.72. The number of anilines is 1. The van der Waals surface area contributed by atoms with Gasteiger partial charge in [-0.1, -0.05) is 35.3 Å². The number of rotatable bonds is 6. The van der Waals surface area contributed by atoms with Crippen LogP contribution in [0.5, 0.6) is 11.5 Å². The van der Waals surface area contributed by atoms with E-state index < -0.39 is 0 Å². The Morgan fingerprint density at radius 2 is 1.70 bits per heavy atom. The van der Waals surface area contributed by atoms with Gasteiger partial charge in [0.15, 0.2) is 5.82 Å². The fraction of sp³-hybridized carbons (Fsp3) is 0.158. The van der Waals surface area contributed by atoms with Crippen LogP contribution >= 0.6 is 23.2 Å². The van der Waals surface area contributed by atoms with Gasteiger partial charge in [-0.2, -0.15) is 5.10 Å². The predicted molar refractivity (Wildman–Crippen MR) is 105 cm³/mol. The molecule has 8 heteroatoms. The summed E-state index contributed by atoms with van der Waals surface area (Å²) in [5.41, 5.74) is 1.38. The van der Waals surface area contributed by atoms with Crippen LogP contribution in [0.4, 0.5) is 5.82 Å². The SMILES string of the molecule is COc1cc(OC)cc(C(=O)Nc2nn(Cc3ccc(Cl)cc3)cc2Cl)c1. The molecule has 3 aromatic rings. The summed E-state index contributed by atoms with van der Waals surface area (Å²) in [5.74, 6) is 0.931. The zero-order valence-electron chi connectivity index (χ0n) is 14.7. The zero-order valence-corrected chi connectivity index (χ0v) is 16.2. The molecule has 0 saturated heterocycles. The first kappa shape index (κ1) is 19.1. The van der Waals surface area contributed by atoms with Crippen molar-refractivity contribution in [2.45, 2.75) is 6.54 Å². The number of methoxy groups -OCH3 is 2. The molecule has 0 bridgehead atoms. The van der Waals surface area contributed by atoms with Crippen LogP contribution < -0.4 is 14.8 Å². The minimum atomic E-state index is -0.370. The number of halogens is 2. The molecule has 2 aromatic carbocycles. The third-order valence-corrected chi connectivity index (χ3v) is 4.35. The number of nitrogens with zero attached hydrogens (tertiary/aromatic N) is 2. The molecule has 0 spiro atoms. The van der Waals surface area contributed by atoms with Crippen molar-refractivity contribution in [2.75, 3.05) is 19.5 Å². The molecule has 0 aliphatic rings. The van der Waals surface area contributed by atoms with Crippen molar-refractivity contribution in [1.29, 1.82) is 0 Å². The Bertz CT molecular complexity index is 933. The molecule has 0 radical (unpaired) electrons. The molecule has 0 fully saturated rings. The van der Waals surface area contributed by atoms with Gasteiger partial charge in [0, 0.05) is 22.8 Å². The first-order valence-corrected chi connectivity index (χ1v) is 8.76. The molecule has 1 heterocycles. The molecule has 0 aliphatic carbocycles. The molecule has 0 atom stereocenters. The molecule has 3 rings (SSSR count). The minimum Gasteiger partial charge on any atom is -0.497 e. The van der Waals surface area contributed by atoms with Gasteiger partial charge >= 0.3 is 0 Å². The van der Waals surface area contributed by atoms with E-state index in [0.29, 0.717) is 33.7 Å². The van der Waals surface area contributed by atoms with Gasteiger partial charge in [0.2, 0.25) is 0 Å². The van der Waals surface area contributed by atoms with E-state index in [-0.39, 0.29) is 11.7 Å². The van der Waals surface area contributed by atoms with Crippen LogP contribution in [0.15, 0.2) is 48.7 Å². The molecule has 0 aliphatic heterocycles. The molecule has 0 unspecified atom stereocenters. The highest BCUT2D eigenvalue weighted by Crippen LogP contribution is 2.25. The van der Waals surface area contributed by atoms with Crippen molar-refractivity contribution in [2.24, 2.45) is 0 Å². The number of ether oxygens (including phenoxy) is 2. The van der Waals surface area contributed by atoms with Gasteiger partial charge in [-0.05, 0) is 29.8 Å². The lowest BCUT2D eigenvalue weighted by Gasteiger charge is -2.08. The highest BCUT2D eigenvalue weighted by atomic mass is 35.5. The Balaban J connectivity index is 1.76. The molecule has 140 valence electrons. The lowest BCUT2D eigenvalue weighted by atomic mass is 10.2. The summed E-state index contributed by atoms with van der Waals surface area (Å²) < 4.78 is 12.0. The molecule has 1 amide bonds. The predicted octanol–water partition coefficient (Wildman–Crippen LogP) is 4.51. The van der Waals surface area contributed by atoms with Crippen LogP contribution in [-0.4, -0.2) is 29.9 Å². The highest BCUT2D eigenvalue weighted by Gasteiger charge is 2.14. The molecular weight excluding hydrogens is 389 g/mol. The lowest BCUT2D eigenvalue weighted by Crippen LogP contribution is -2.13. The van der Waals surface area contributed by atoms with E-state index in [0.717, 1.165) is 5.56 Å². The number of amides is 1. The van der Waals surface area contributed by atoms with E-state index in [1.807, 2.05) is 12.1 Å². The van der Waals surface area contributed by atoms with Gasteiger partial charge < -0.3 is 14.8 Å². The van der Waals surface area contributed by atoms with E-state index in [1.165, 1.54) is 14.2 Å². The Kier molecular flexibility index (Phi) is 5.88. The quantitative estimate of drug-likeness (QED) is 0.655. The van der Waals surface area contributed by atoms with Crippen molar-refractivity contribution in [3.63, 3.8) is 0 Å². The summed E-state index contributed by atoms with van der Waals surface area (Å²) >= 11 is 12.1. The molecule has 0 saturated carbocycles. The number of nitrogens with one attached hydrogen (secondary N) is 1. The number of carbonyl (C=O) groups is 1. The second-order valence-electron chi connectivity index (χ2n) is 5.71. The van der Waals surface area contributed by atoms with Crippen molar-refractivity contribution in [1.82, 2.24) is 9.78 Å². The molecule has 27 heavy (non-hydrogen) atoms. The van der Waals surface area contributed by atoms with Crippen LogP contribution in [0.1, 0.15) is 15.9 Å². The number of aromatic nitrogens is 2. The minimum absolute atomic E-state index is 0.275. The summed E-state index contributed by atoms with van der Waals surface area (Å²) in [4.78, 5) is 12.6. The monoisotopic (exact) mass is 405 g/mol. The second-order valence-corrected chi connectivity index (χ2v) is 6.55.